The van der Waals surface area contributed by atoms with Gasteiger partial charge in [0.05, 0.1) is 18.7 Å². The summed E-state index contributed by atoms with van der Waals surface area (Å²) in [6.07, 6.45) is 3.65. The van der Waals surface area contributed by atoms with Crippen molar-refractivity contribution < 1.29 is 9.47 Å². The maximum Gasteiger partial charge on any atom is 0.180 e. The van der Waals surface area contributed by atoms with Crippen LogP contribution in [-0.2, 0) is 6.54 Å². The van der Waals surface area contributed by atoms with E-state index < -0.39 is 0 Å². The molecule has 1 aliphatic rings. The average molecular weight is 375 g/mol. The Balaban J connectivity index is 1.64. The van der Waals surface area contributed by atoms with E-state index in [4.69, 9.17) is 14.5 Å². The van der Waals surface area contributed by atoms with Crippen molar-refractivity contribution in [3.63, 3.8) is 0 Å². The van der Waals surface area contributed by atoms with E-state index in [1.165, 1.54) is 0 Å². The fourth-order valence-corrected chi connectivity index (χ4v) is 3.67. The molecule has 2 aromatic carbocycles. The Bertz CT molecular complexity index is 1100. The minimum atomic E-state index is 0.612. The molecule has 2 aromatic heterocycles. The number of nitrogens with one attached hydrogen (secondary N) is 1. The monoisotopic (exact) mass is 375 g/mol. The van der Waals surface area contributed by atoms with Crippen LogP contribution < -0.4 is 9.47 Å². The van der Waals surface area contributed by atoms with Gasteiger partial charge in [0, 0.05) is 29.8 Å². The molecule has 7 nitrogen and oxygen atoms in total. The van der Waals surface area contributed by atoms with E-state index >= 15 is 0 Å². The number of benzene rings is 2. The van der Waals surface area contributed by atoms with Gasteiger partial charge in [-0.3, -0.25) is 5.10 Å². The Labute approximate surface area is 162 Å². The summed E-state index contributed by atoms with van der Waals surface area (Å²) in [5.41, 5.74) is 3.96. The second-order valence-electron chi connectivity index (χ2n) is 6.76. The third-order valence-electron chi connectivity index (χ3n) is 4.94. The number of hydrogen-bond donors (Lipinski definition) is 1. The summed E-state index contributed by atoms with van der Waals surface area (Å²) in [5.74, 6) is 3.27. The number of ether oxygens (including phenoxy) is 2. The van der Waals surface area contributed by atoms with E-state index in [0.29, 0.717) is 12.4 Å². The van der Waals surface area contributed by atoms with Gasteiger partial charge in [-0.15, -0.1) is 0 Å². The van der Waals surface area contributed by atoms with Crippen LogP contribution >= 0.6 is 0 Å². The molecule has 1 N–H and O–H groups in total. The topological polar surface area (TPSA) is 77.9 Å². The number of H-pyrrole nitrogens is 1. The number of nitrogens with zero attached hydrogens (tertiary/aromatic N) is 4. The highest BCUT2D eigenvalue weighted by Crippen LogP contribution is 2.36. The number of aryl methyl sites for hydroxylation is 1. The van der Waals surface area contributed by atoms with Gasteiger partial charge in [-0.25, -0.2) is 9.97 Å². The number of aromatic amines is 1. The maximum absolute atomic E-state index is 6.04. The zero-order valence-corrected chi connectivity index (χ0v) is 15.7. The van der Waals surface area contributed by atoms with Crippen LogP contribution in [0.4, 0.5) is 0 Å². The van der Waals surface area contributed by atoms with E-state index in [1.54, 1.807) is 6.33 Å². The van der Waals surface area contributed by atoms with Gasteiger partial charge in [-0.2, -0.15) is 5.10 Å². The van der Waals surface area contributed by atoms with Crippen molar-refractivity contribution in [3.05, 3.63) is 42.7 Å². The van der Waals surface area contributed by atoms with Gasteiger partial charge < -0.3 is 14.0 Å². The minimum Gasteiger partial charge on any atom is -0.494 e. The van der Waals surface area contributed by atoms with Crippen molar-refractivity contribution >= 4 is 11.0 Å². The van der Waals surface area contributed by atoms with Crippen LogP contribution in [0.3, 0.4) is 0 Å². The summed E-state index contributed by atoms with van der Waals surface area (Å²) >= 11 is 0. The third-order valence-corrected chi connectivity index (χ3v) is 4.94. The van der Waals surface area contributed by atoms with Crippen LogP contribution in [0.15, 0.2) is 42.7 Å². The number of imidazole rings is 1. The second kappa shape index (κ2) is 6.99. The Morgan fingerprint density at radius 1 is 1.14 bits per heavy atom. The van der Waals surface area contributed by atoms with Crippen LogP contribution in [0.25, 0.3) is 33.8 Å². The van der Waals surface area contributed by atoms with Gasteiger partial charge in [-0.1, -0.05) is 24.3 Å². The third kappa shape index (κ3) is 2.89. The molecular weight excluding hydrogens is 354 g/mol. The molecule has 142 valence electrons. The Morgan fingerprint density at radius 2 is 2.00 bits per heavy atom. The van der Waals surface area contributed by atoms with E-state index in [9.17, 15) is 0 Å². The van der Waals surface area contributed by atoms with E-state index in [-0.39, 0.29) is 0 Å². The highest BCUT2D eigenvalue weighted by Gasteiger charge is 2.20. The Hall–Kier alpha value is -3.35. The van der Waals surface area contributed by atoms with Crippen molar-refractivity contribution in [1.29, 1.82) is 0 Å². The van der Waals surface area contributed by atoms with Crippen molar-refractivity contribution in [2.75, 3.05) is 13.2 Å². The Morgan fingerprint density at radius 3 is 2.79 bits per heavy atom. The summed E-state index contributed by atoms with van der Waals surface area (Å²) in [5, 5.41) is 6.89. The number of rotatable bonds is 4. The zero-order chi connectivity index (χ0) is 18.9. The molecule has 5 rings (SSSR count). The van der Waals surface area contributed by atoms with Gasteiger partial charge in [0.1, 0.15) is 29.2 Å². The van der Waals surface area contributed by atoms with Crippen LogP contribution in [0.5, 0.6) is 11.5 Å². The number of hydrogen-bond acceptors (Lipinski definition) is 5. The zero-order valence-electron chi connectivity index (χ0n) is 15.7. The van der Waals surface area contributed by atoms with Gasteiger partial charge in [0.15, 0.2) is 5.82 Å². The Kier molecular flexibility index (Phi) is 4.20. The molecule has 0 bridgehead atoms. The SMILES string of the molecule is CCOc1cc2c3c(c1)nc(-c1ccc(-c4nc[nH]n4)cc1)n3CCCCO2. The molecule has 4 aromatic rings. The summed E-state index contributed by atoms with van der Waals surface area (Å²) < 4.78 is 14.0. The second-order valence-corrected chi connectivity index (χ2v) is 6.76. The lowest BCUT2D eigenvalue weighted by Crippen LogP contribution is -2.09. The molecule has 28 heavy (non-hydrogen) atoms. The fraction of sp³-hybridized carbons (Fsp3) is 0.286. The summed E-state index contributed by atoms with van der Waals surface area (Å²) in [6.45, 7) is 4.23. The first-order valence-corrected chi connectivity index (χ1v) is 9.60. The molecule has 0 atom stereocenters. The predicted octanol–water partition coefficient (Wildman–Crippen LogP) is 4.06. The molecule has 3 heterocycles. The first-order valence-electron chi connectivity index (χ1n) is 9.60. The summed E-state index contributed by atoms with van der Waals surface area (Å²) in [6, 6.07) is 12.2. The van der Waals surface area contributed by atoms with Crippen molar-refractivity contribution in [2.24, 2.45) is 0 Å². The first kappa shape index (κ1) is 16.8. The molecule has 7 heteroatoms. The lowest BCUT2D eigenvalue weighted by Gasteiger charge is -2.17. The molecule has 0 aliphatic carbocycles. The average Bonchev–Trinajstić information content (AvgIpc) is 3.34. The lowest BCUT2D eigenvalue weighted by atomic mass is 10.1. The molecular formula is C21H21N5O2. The smallest absolute Gasteiger partial charge is 0.180 e. The van der Waals surface area contributed by atoms with Gasteiger partial charge in [0.25, 0.3) is 0 Å². The minimum absolute atomic E-state index is 0.612. The largest absolute Gasteiger partial charge is 0.494 e. The molecule has 1 aliphatic heterocycles. The standard InChI is InChI=1S/C21H21N5O2/c1-2-27-16-11-17-19-18(12-16)28-10-4-3-9-26(19)21(24-17)15-7-5-14(6-8-15)20-22-13-23-25-20/h5-8,11-13H,2-4,9-10H2,1H3,(H,22,23,25). The molecule has 0 saturated carbocycles. The molecule has 0 radical (unpaired) electrons. The summed E-state index contributed by atoms with van der Waals surface area (Å²) in [4.78, 5) is 9.15. The fourth-order valence-electron chi connectivity index (χ4n) is 3.67. The van der Waals surface area contributed by atoms with Crippen molar-refractivity contribution in [2.45, 2.75) is 26.3 Å². The number of aromatic nitrogens is 5. The first-order chi connectivity index (χ1) is 13.8. The van der Waals surface area contributed by atoms with Gasteiger partial charge in [0.2, 0.25) is 0 Å². The van der Waals surface area contributed by atoms with Crippen LogP contribution in [-0.4, -0.2) is 37.9 Å². The van der Waals surface area contributed by atoms with Crippen LogP contribution in [0, 0.1) is 0 Å². The van der Waals surface area contributed by atoms with E-state index in [1.807, 2.05) is 31.2 Å². The van der Waals surface area contributed by atoms with E-state index in [0.717, 1.165) is 65.5 Å². The maximum atomic E-state index is 6.04. The normalized spacial score (nSPS) is 13.8. The van der Waals surface area contributed by atoms with Crippen molar-refractivity contribution in [1.82, 2.24) is 24.7 Å². The van der Waals surface area contributed by atoms with Crippen molar-refractivity contribution in [3.8, 4) is 34.3 Å². The quantitative estimate of drug-likeness (QED) is 0.582. The van der Waals surface area contributed by atoms with Crippen LogP contribution in [0.2, 0.25) is 0 Å². The van der Waals surface area contributed by atoms with E-state index in [2.05, 4.69) is 31.9 Å². The highest BCUT2D eigenvalue weighted by atomic mass is 16.5. The molecule has 0 spiro atoms. The predicted molar refractivity (Wildman–Crippen MR) is 106 cm³/mol. The molecule has 0 unspecified atom stereocenters. The van der Waals surface area contributed by atoms with Crippen LogP contribution in [0.1, 0.15) is 19.8 Å². The molecule has 0 fully saturated rings. The lowest BCUT2D eigenvalue weighted by molar-refractivity contribution is 0.294. The highest BCUT2D eigenvalue weighted by molar-refractivity contribution is 5.88. The molecule has 0 amide bonds. The summed E-state index contributed by atoms with van der Waals surface area (Å²) in [7, 11) is 0. The molecule has 0 saturated heterocycles. The van der Waals surface area contributed by atoms with Gasteiger partial charge in [-0.05, 0) is 19.8 Å². The van der Waals surface area contributed by atoms with Gasteiger partial charge >= 0.3 is 0 Å².